The lowest BCUT2D eigenvalue weighted by Gasteiger charge is -2.31. The fourth-order valence-corrected chi connectivity index (χ4v) is 5.20. The van der Waals surface area contributed by atoms with Crippen LogP contribution < -0.4 is 5.32 Å². The minimum absolute atomic E-state index is 0.0532. The Kier molecular flexibility index (Phi) is 4.64. The van der Waals surface area contributed by atoms with E-state index in [2.05, 4.69) is 33.3 Å². The van der Waals surface area contributed by atoms with Crippen LogP contribution in [0.3, 0.4) is 0 Å². The van der Waals surface area contributed by atoms with E-state index in [-0.39, 0.29) is 5.91 Å². The molecule has 28 heavy (non-hydrogen) atoms. The second-order valence-electron chi connectivity index (χ2n) is 7.96. The molecule has 2 aromatic heterocycles. The third kappa shape index (κ3) is 3.56. The molecule has 2 aliphatic heterocycles. The highest BCUT2D eigenvalue weighted by Gasteiger charge is 2.23. The number of carbonyl (C=O) groups is 1. The molecule has 0 aliphatic carbocycles. The molecule has 6 nitrogen and oxygen atoms in total. The van der Waals surface area contributed by atoms with E-state index in [0.29, 0.717) is 6.42 Å². The molecule has 1 aromatic carbocycles. The zero-order chi connectivity index (χ0) is 19.1. The third-order valence-corrected chi connectivity index (χ3v) is 6.84. The van der Waals surface area contributed by atoms with E-state index in [0.717, 1.165) is 71.3 Å². The van der Waals surface area contributed by atoms with Crippen molar-refractivity contribution in [2.75, 3.05) is 18.4 Å². The Hall–Kier alpha value is -2.25. The normalized spacial score (nSPS) is 18.0. The Morgan fingerprint density at radius 2 is 2.18 bits per heavy atom. The second kappa shape index (κ2) is 7.29. The summed E-state index contributed by atoms with van der Waals surface area (Å²) >= 11 is 1.80. The van der Waals surface area contributed by atoms with Gasteiger partial charge in [0.25, 0.3) is 0 Å². The van der Waals surface area contributed by atoms with Crippen LogP contribution in [0.15, 0.2) is 22.9 Å². The van der Waals surface area contributed by atoms with Crippen LogP contribution in [0.25, 0.3) is 11.0 Å². The summed E-state index contributed by atoms with van der Waals surface area (Å²) in [6.07, 6.45) is 7.02. The number of thiazole rings is 1. The summed E-state index contributed by atoms with van der Waals surface area (Å²) < 4.78 is 5.52. The van der Waals surface area contributed by atoms with E-state index in [4.69, 9.17) is 4.52 Å². The molecule has 1 saturated heterocycles. The lowest BCUT2D eigenvalue weighted by Crippen LogP contribution is -2.33. The molecule has 1 N–H and O–H groups in total. The number of piperidine rings is 1. The topological polar surface area (TPSA) is 71.3 Å². The number of nitrogens with one attached hydrogen (secondary N) is 1. The van der Waals surface area contributed by atoms with Crippen molar-refractivity contribution in [2.45, 2.75) is 45.6 Å². The van der Waals surface area contributed by atoms with Crippen LogP contribution in [-0.4, -0.2) is 34.0 Å². The number of nitrogens with zero attached hydrogens (tertiary/aromatic N) is 3. The number of aryl methyl sites for hydroxylation is 2. The zero-order valence-electron chi connectivity index (χ0n) is 16.0. The van der Waals surface area contributed by atoms with E-state index in [9.17, 15) is 4.79 Å². The Morgan fingerprint density at radius 3 is 2.96 bits per heavy atom. The Balaban J connectivity index is 1.17. The predicted octanol–water partition coefficient (Wildman–Crippen LogP) is 3.93. The smallest absolute Gasteiger partial charge is 0.228 e. The van der Waals surface area contributed by atoms with Gasteiger partial charge in [0, 0.05) is 34.8 Å². The van der Waals surface area contributed by atoms with Crippen LogP contribution in [0.2, 0.25) is 0 Å². The van der Waals surface area contributed by atoms with E-state index in [1.54, 1.807) is 11.3 Å². The van der Waals surface area contributed by atoms with Gasteiger partial charge in [-0.15, -0.1) is 11.3 Å². The SMILES string of the molecule is Cc1ncc(CN2CCC(CCc3noc4cc5c(cc34)CC(=O)N5)CC2)s1. The number of carbonyl (C=O) groups excluding carboxylic acids is 1. The highest BCUT2D eigenvalue weighted by Crippen LogP contribution is 2.32. The first-order valence-electron chi connectivity index (χ1n) is 9.99. The van der Waals surface area contributed by atoms with Gasteiger partial charge in [-0.1, -0.05) is 5.16 Å². The Bertz CT molecular complexity index is 1020. The van der Waals surface area contributed by atoms with Crippen LogP contribution in [0.5, 0.6) is 0 Å². The van der Waals surface area contributed by atoms with Gasteiger partial charge in [0.05, 0.1) is 17.1 Å². The highest BCUT2D eigenvalue weighted by molar-refractivity contribution is 7.11. The summed E-state index contributed by atoms with van der Waals surface area (Å²) in [5.74, 6) is 0.793. The number of rotatable bonds is 5. The summed E-state index contributed by atoms with van der Waals surface area (Å²) in [7, 11) is 0. The molecule has 146 valence electrons. The van der Waals surface area contributed by atoms with E-state index >= 15 is 0 Å². The van der Waals surface area contributed by atoms with Crippen molar-refractivity contribution in [3.8, 4) is 0 Å². The summed E-state index contributed by atoms with van der Waals surface area (Å²) in [6.45, 7) is 5.41. The van der Waals surface area contributed by atoms with Gasteiger partial charge < -0.3 is 9.84 Å². The van der Waals surface area contributed by atoms with Crippen molar-refractivity contribution in [3.63, 3.8) is 0 Å². The first kappa shape index (κ1) is 17.8. The van der Waals surface area contributed by atoms with Crippen molar-refractivity contribution in [1.29, 1.82) is 0 Å². The largest absolute Gasteiger partial charge is 0.356 e. The van der Waals surface area contributed by atoms with Crippen molar-refractivity contribution >= 4 is 33.9 Å². The highest BCUT2D eigenvalue weighted by atomic mass is 32.1. The quantitative estimate of drug-likeness (QED) is 0.707. The number of aromatic nitrogens is 2. The molecule has 3 aromatic rings. The maximum atomic E-state index is 11.6. The lowest BCUT2D eigenvalue weighted by molar-refractivity contribution is -0.115. The average molecular weight is 397 g/mol. The average Bonchev–Trinajstić information content (AvgIpc) is 3.37. The van der Waals surface area contributed by atoms with Crippen LogP contribution in [0.1, 0.15) is 40.4 Å². The minimum Gasteiger partial charge on any atom is -0.356 e. The molecule has 0 unspecified atom stereocenters. The molecule has 2 aliphatic rings. The van der Waals surface area contributed by atoms with E-state index in [1.807, 2.05) is 12.3 Å². The van der Waals surface area contributed by atoms with Gasteiger partial charge in [0.1, 0.15) is 0 Å². The van der Waals surface area contributed by atoms with Gasteiger partial charge in [-0.25, -0.2) is 4.98 Å². The molecule has 0 saturated carbocycles. The van der Waals surface area contributed by atoms with Gasteiger partial charge in [-0.2, -0.15) is 0 Å². The number of hydrogen-bond donors (Lipinski definition) is 1. The predicted molar refractivity (Wildman–Crippen MR) is 110 cm³/mol. The van der Waals surface area contributed by atoms with Crippen LogP contribution in [0, 0.1) is 12.8 Å². The van der Waals surface area contributed by atoms with Crippen molar-refractivity contribution < 1.29 is 9.32 Å². The monoisotopic (exact) mass is 396 g/mol. The fourth-order valence-electron chi connectivity index (χ4n) is 4.36. The summed E-state index contributed by atoms with van der Waals surface area (Å²) in [5, 5.41) is 9.39. The van der Waals surface area contributed by atoms with Crippen LogP contribution in [-0.2, 0) is 24.2 Å². The molecule has 0 atom stereocenters. The first-order valence-corrected chi connectivity index (χ1v) is 10.8. The molecular formula is C21H24N4O2S. The molecule has 0 spiro atoms. The van der Waals surface area contributed by atoms with Gasteiger partial charge in [-0.3, -0.25) is 9.69 Å². The summed E-state index contributed by atoms with van der Waals surface area (Å²) in [6, 6.07) is 3.99. The number of hydrogen-bond acceptors (Lipinski definition) is 6. The molecular weight excluding hydrogens is 372 g/mol. The van der Waals surface area contributed by atoms with E-state index < -0.39 is 0 Å². The van der Waals surface area contributed by atoms with Gasteiger partial charge in [0.15, 0.2) is 5.58 Å². The molecule has 0 radical (unpaired) electrons. The van der Waals surface area contributed by atoms with Crippen molar-refractivity contribution in [2.24, 2.45) is 5.92 Å². The molecule has 5 rings (SSSR count). The van der Waals surface area contributed by atoms with Crippen LogP contribution in [0.4, 0.5) is 5.69 Å². The molecule has 4 heterocycles. The van der Waals surface area contributed by atoms with Crippen molar-refractivity contribution in [3.05, 3.63) is 39.5 Å². The first-order chi connectivity index (χ1) is 13.6. The zero-order valence-corrected chi connectivity index (χ0v) is 16.8. The number of fused-ring (bicyclic) bond motifs is 2. The standard InChI is InChI=1S/C21H24N4O2S/c1-13-22-11-16(28-13)12-25-6-4-14(5-7-25)2-3-18-17-8-15-9-21(26)23-19(15)10-20(17)27-24-18/h8,10-11,14H,2-7,9,12H2,1H3,(H,23,26). The number of amides is 1. The molecule has 7 heteroatoms. The van der Waals surface area contributed by atoms with Gasteiger partial charge in [-0.05, 0) is 63.2 Å². The summed E-state index contributed by atoms with van der Waals surface area (Å²) in [5.41, 5.74) is 3.71. The lowest BCUT2D eigenvalue weighted by atomic mass is 9.91. The summed E-state index contributed by atoms with van der Waals surface area (Å²) in [4.78, 5) is 19.9. The van der Waals surface area contributed by atoms with Crippen molar-refractivity contribution in [1.82, 2.24) is 15.0 Å². The Morgan fingerprint density at radius 1 is 1.32 bits per heavy atom. The number of benzene rings is 1. The van der Waals surface area contributed by atoms with Gasteiger partial charge in [0.2, 0.25) is 5.91 Å². The maximum Gasteiger partial charge on any atom is 0.228 e. The molecule has 0 bridgehead atoms. The maximum absolute atomic E-state index is 11.6. The number of anilines is 1. The number of likely N-dealkylation sites (tertiary alicyclic amines) is 1. The minimum atomic E-state index is 0.0532. The fraction of sp³-hybridized carbons (Fsp3) is 0.476. The van der Waals surface area contributed by atoms with Gasteiger partial charge >= 0.3 is 0 Å². The van der Waals surface area contributed by atoms with Crippen LogP contribution >= 0.6 is 11.3 Å². The molecule has 1 fully saturated rings. The third-order valence-electron chi connectivity index (χ3n) is 5.94. The Labute approximate surface area is 167 Å². The molecule has 1 amide bonds. The van der Waals surface area contributed by atoms with E-state index in [1.165, 1.54) is 17.7 Å². The second-order valence-corrected chi connectivity index (χ2v) is 9.28.